The van der Waals surface area contributed by atoms with Gasteiger partial charge in [-0.15, -0.1) is 5.10 Å². The molecule has 13 heteroatoms. The normalized spacial score (nSPS) is 19.7. The number of carbonyl (C=O) groups excluding carboxylic acids is 4. The number of anilines is 1. The summed E-state index contributed by atoms with van der Waals surface area (Å²) in [7, 11) is 0. The van der Waals surface area contributed by atoms with E-state index in [1.54, 1.807) is 0 Å². The molecule has 13 nitrogen and oxygen atoms in total. The average molecular weight is 496 g/mol. The van der Waals surface area contributed by atoms with Gasteiger partial charge in [-0.3, -0.25) is 24.3 Å². The number of H-pyrrole nitrogens is 1. The van der Waals surface area contributed by atoms with Gasteiger partial charge in [-0.1, -0.05) is 0 Å². The van der Waals surface area contributed by atoms with Crippen molar-refractivity contribution in [2.24, 2.45) is 0 Å². The Bertz CT molecular complexity index is 1420. The molecular formula is C23H24N6O7. The van der Waals surface area contributed by atoms with Gasteiger partial charge >= 0.3 is 0 Å². The summed E-state index contributed by atoms with van der Waals surface area (Å²) in [6.45, 7) is 5.93. The van der Waals surface area contributed by atoms with Crippen molar-refractivity contribution in [3.8, 4) is 17.2 Å². The monoisotopic (exact) mass is 496 g/mol. The number of hydrogen-bond acceptors (Lipinski definition) is 11. The van der Waals surface area contributed by atoms with Crippen LogP contribution in [0.15, 0.2) is 23.1 Å². The molecule has 2 heterocycles. The van der Waals surface area contributed by atoms with E-state index >= 15 is 0 Å². The molecule has 1 atom stereocenters. The van der Waals surface area contributed by atoms with Crippen LogP contribution in [0.1, 0.15) is 52.9 Å². The van der Waals surface area contributed by atoms with Gasteiger partial charge in [0.25, 0.3) is 5.91 Å². The van der Waals surface area contributed by atoms with Crippen LogP contribution in [-0.2, 0) is 15.0 Å². The smallest absolute Gasteiger partial charge is 0.288 e. The third-order valence-electron chi connectivity index (χ3n) is 6.28. The first-order valence-electron chi connectivity index (χ1n) is 10.9. The fourth-order valence-corrected chi connectivity index (χ4v) is 4.34. The summed E-state index contributed by atoms with van der Waals surface area (Å²) in [4.78, 5) is 54.6. The van der Waals surface area contributed by atoms with Gasteiger partial charge in [-0.25, -0.2) is 0 Å². The Morgan fingerprint density at radius 2 is 1.83 bits per heavy atom. The van der Waals surface area contributed by atoms with Crippen molar-refractivity contribution in [3.63, 3.8) is 0 Å². The fraction of sp³-hybridized carbons (Fsp3) is 0.304. The Morgan fingerprint density at radius 1 is 1.17 bits per heavy atom. The molecule has 36 heavy (non-hydrogen) atoms. The number of hydrogen-bond donors (Lipinski definition) is 6. The van der Waals surface area contributed by atoms with Crippen molar-refractivity contribution < 1.29 is 34.1 Å². The lowest BCUT2D eigenvalue weighted by atomic mass is 9.70. The first-order valence-corrected chi connectivity index (χ1v) is 10.9. The lowest BCUT2D eigenvalue weighted by Gasteiger charge is -2.29. The molecule has 0 bridgehead atoms. The number of aromatic amines is 1. The summed E-state index contributed by atoms with van der Waals surface area (Å²) in [6, 6.07) is 0. The lowest BCUT2D eigenvalue weighted by molar-refractivity contribution is -0.123. The number of aromatic hydroxyl groups is 2. The number of ether oxygens (including phenoxy) is 1. The van der Waals surface area contributed by atoms with Gasteiger partial charge in [-0.2, -0.15) is 4.98 Å². The van der Waals surface area contributed by atoms with Crippen molar-refractivity contribution in [2.75, 3.05) is 18.8 Å². The number of phenols is 2. The summed E-state index contributed by atoms with van der Waals surface area (Å²) in [5.74, 6) is -3.53. The molecule has 7 N–H and O–H groups in total. The lowest BCUT2D eigenvalue weighted by Crippen LogP contribution is -2.41. The fourth-order valence-electron chi connectivity index (χ4n) is 4.34. The van der Waals surface area contributed by atoms with E-state index in [0.717, 1.165) is 6.08 Å². The van der Waals surface area contributed by atoms with Crippen LogP contribution < -0.4 is 21.1 Å². The van der Waals surface area contributed by atoms with E-state index < -0.39 is 40.2 Å². The van der Waals surface area contributed by atoms with E-state index in [1.165, 1.54) is 27.7 Å². The Kier molecular flexibility index (Phi) is 5.78. The van der Waals surface area contributed by atoms with E-state index in [0.29, 0.717) is 0 Å². The molecular weight excluding hydrogens is 472 g/mol. The van der Waals surface area contributed by atoms with Crippen LogP contribution in [0.3, 0.4) is 0 Å². The second-order valence-corrected chi connectivity index (χ2v) is 8.61. The molecule has 2 aliphatic rings. The maximum atomic E-state index is 13.7. The van der Waals surface area contributed by atoms with Gasteiger partial charge in [0.1, 0.15) is 34.0 Å². The van der Waals surface area contributed by atoms with E-state index in [9.17, 15) is 29.4 Å². The van der Waals surface area contributed by atoms with E-state index in [4.69, 9.17) is 10.5 Å². The topological polar surface area (TPSA) is 210 Å². The Hall–Kier alpha value is -4.68. The number of nitrogen functional groups attached to an aromatic ring is 1. The van der Waals surface area contributed by atoms with Crippen molar-refractivity contribution >= 4 is 29.2 Å². The van der Waals surface area contributed by atoms with E-state index in [-0.39, 0.29) is 64.3 Å². The predicted molar refractivity (Wildman–Crippen MR) is 124 cm³/mol. The maximum absolute atomic E-state index is 13.7. The number of fused-ring (bicyclic) bond motifs is 3. The molecule has 1 aromatic carbocycles. The van der Waals surface area contributed by atoms with Crippen molar-refractivity contribution in [1.82, 2.24) is 25.8 Å². The number of allylic oxidation sites excluding steroid dienone is 4. The highest BCUT2D eigenvalue weighted by Gasteiger charge is 2.56. The van der Waals surface area contributed by atoms with E-state index in [2.05, 4.69) is 25.8 Å². The minimum absolute atomic E-state index is 0.00986. The second kappa shape index (κ2) is 8.52. The van der Waals surface area contributed by atoms with Crippen LogP contribution >= 0.6 is 0 Å². The average Bonchev–Trinajstić information content (AvgIpc) is 3.36. The highest BCUT2D eigenvalue weighted by Crippen LogP contribution is 2.57. The summed E-state index contributed by atoms with van der Waals surface area (Å²) in [6.07, 6.45) is 1.13. The number of phenolic OH excluding ortho intramolecular Hbond substituents is 2. The Morgan fingerprint density at radius 3 is 2.44 bits per heavy atom. The van der Waals surface area contributed by atoms with Gasteiger partial charge in [0.15, 0.2) is 17.3 Å². The van der Waals surface area contributed by atoms with Crippen LogP contribution in [0.2, 0.25) is 0 Å². The minimum atomic E-state index is -1.60. The first kappa shape index (κ1) is 24.4. The third-order valence-corrected chi connectivity index (χ3v) is 6.28. The summed E-state index contributed by atoms with van der Waals surface area (Å²) in [5, 5.41) is 32.7. The predicted octanol–water partition coefficient (Wildman–Crippen LogP) is 0.289. The molecule has 188 valence electrons. The number of ketones is 3. The molecule has 0 saturated carbocycles. The number of rotatable bonds is 6. The minimum Gasteiger partial charge on any atom is -0.507 e. The SMILES string of the molecule is CC(=O)c1c(O)c(C)c(O)c2c1OC1=CC(=O)/C(=C(/C)NCCNC(=O)c3nc(N)n[nH]3)C(=O)[C@]12C. The summed E-state index contributed by atoms with van der Waals surface area (Å²) < 4.78 is 5.73. The molecule has 4 rings (SSSR count). The summed E-state index contributed by atoms with van der Waals surface area (Å²) in [5.41, 5.74) is 3.69. The van der Waals surface area contributed by atoms with Crippen LogP contribution in [0, 0.1) is 6.92 Å². The Balaban J connectivity index is 1.62. The van der Waals surface area contributed by atoms with Gasteiger partial charge in [-0.05, 0) is 27.7 Å². The summed E-state index contributed by atoms with van der Waals surface area (Å²) >= 11 is 0. The molecule has 0 saturated heterocycles. The number of carbonyl (C=O) groups is 4. The van der Waals surface area contributed by atoms with Crippen LogP contribution in [0.5, 0.6) is 17.2 Å². The van der Waals surface area contributed by atoms with Crippen LogP contribution in [0.4, 0.5) is 5.95 Å². The molecule has 0 radical (unpaired) electrons. The molecule has 1 aliphatic carbocycles. The van der Waals surface area contributed by atoms with Gasteiger partial charge in [0, 0.05) is 30.4 Å². The first-order chi connectivity index (χ1) is 16.9. The second-order valence-electron chi connectivity index (χ2n) is 8.61. The zero-order valence-electron chi connectivity index (χ0n) is 19.9. The van der Waals surface area contributed by atoms with Crippen molar-refractivity contribution in [2.45, 2.75) is 33.1 Å². The van der Waals surface area contributed by atoms with Gasteiger partial charge in [0.05, 0.1) is 11.1 Å². The molecule has 0 unspecified atom stereocenters. The number of nitrogens with one attached hydrogen (secondary N) is 3. The van der Waals surface area contributed by atoms with Gasteiger partial charge < -0.3 is 31.3 Å². The molecule has 1 amide bonds. The molecule has 0 spiro atoms. The highest BCUT2D eigenvalue weighted by atomic mass is 16.5. The van der Waals surface area contributed by atoms with Gasteiger partial charge in [0.2, 0.25) is 11.8 Å². The number of benzene rings is 1. The quantitative estimate of drug-likeness (QED) is 0.138. The highest BCUT2D eigenvalue weighted by molar-refractivity contribution is 6.31. The number of nitrogens with zero attached hydrogens (tertiary/aromatic N) is 2. The van der Waals surface area contributed by atoms with Crippen LogP contribution in [-0.4, -0.2) is 61.7 Å². The van der Waals surface area contributed by atoms with Crippen molar-refractivity contribution in [3.05, 3.63) is 45.6 Å². The van der Waals surface area contributed by atoms with Crippen molar-refractivity contribution in [1.29, 1.82) is 0 Å². The number of amides is 1. The molecule has 0 fully saturated rings. The third kappa shape index (κ3) is 3.56. The maximum Gasteiger partial charge on any atom is 0.288 e. The zero-order valence-corrected chi connectivity index (χ0v) is 19.9. The number of Topliss-reactive ketones (excluding diaryl/α,β-unsaturated/α-hetero) is 2. The molecule has 2 aromatic rings. The standard InChI is InChI=1S/C23H24N6O7/c1-8-16(32)14(10(3)30)18-15(17(8)33)23(4)12(36-18)7-11(31)13(19(23)34)9(2)25-5-6-26-21(35)20-27-22(24)29-28-20/h7,25,32-33H,5-6H2,1-4H3,(H,26,35)(H3,24,27,28,29)/b13-9+/t23-/m1/s1. The number of aromatic nitrogens is 3. The van der Waals surface area contributed by atoms with E-state index in [1.807, 2.05) is 0 Å². The zero-order chi connectivity index (χ0) is 26.5. The Labute approximate surface area is 204 Å². The largest absolute Gasteiger partial charge is 0.507 e. The number of nitrogens with two attached hydrogens (primary N) is 1. The van der Waals surface area contributed by atoms with Crippen LogP contribution in [0.25, 0.3) is 0 Å². The molecule has 1 aromatic heterocycles. The molecule has 1 aliphatic heterocycles.